The van der Waals surface area contributed by atoms with Crippen molar-refractivity contribution in [2.75, 3.05) is 11.9 Å². The Morgan fingerprint density at radius 3 is 2.58 bits per heavy atom. The van der Waals surface area contributed by atoms with Gasteiger partial charge in [0.2, 0.25) is 0 Å². The molecule has 3 aromatic rings. The number of pyridine rings is 1. The smallest absolute Gasteiger partial charge is 0.270 e. The molecule has 5 heteroatoms. The Morgan fingerprint density at radius 2 is 1.81 bits per heavy atom. The van der Waals surface area contributed by atoms with Gasteiger partial charge < -0.3 is 10.2 Å². The van der Waals surface area contributed by atoms with Crippen molar-refractivity contribution in [3.05, 3.63) is 95.6 Å². The van der Waals surface area contributed by atoms with Crippen LogP contribution in [0.1, 0.15) is 21.6 Å². The second-order valence-electron chi connectivity index (χ2n) is 6.02. The summed E-state index contributed by atoms with van der Waals surface area (Å²) in [5, 5.41) is 2.71. The maximum absolute atomic E-state index is 13.6. The first kappa shape index (κ1) is 17.6. The van der Waals surface area contributed by atoms with E-state index in [2.05, 4.69) is 22.4 Å². The molecule has 0 aliphatic heterocycles. The van der Waals surface area contributed by atoms with Crippen molar-refractivity contribution < 1.29 is 9.18 Å². The number of carbonyl (C=O) groups excluding carboxylic acids is 1. The zero-order chi connectivity index (χ0) is 18.4. The number of benzene rings is 2. The Bertz CT molecular complexity index is 883. The zero-order valence-corrected chi connectivity index (χ0v) is 14.5. The fraction of sp³-hybridized carbons (Fsp3) is 0.143. The quantitative estimate of drug-likeness (QED) is 0.736. The normalized spacial score (nSPS) is 10.4. The first-order valence-corrected chi connectivity index (χ1v) is 8.36. The lowest BCUT2D eigenvalue weighted by Gasteiger charge is -2.19. The molecule has 0 aliphatic carbocycles. The van der Waals surface area contributed by atoms with Gasteiger partial charge in [-0.15, -0.1) is 0 Å². The summed E-state index contributed by atoms with van der Waals surface area (Å²) in [4.78, 5) is 18.5. The second kappa shape index (κ2) is 8.25. The summed E-state index contributed by atoms with van der Waals surface area (Å²) < 4.78 is 13.6. The van der Waals surface area contributed by atoms with Gasteiger partial charge in [-0.05, 0) is 23.8 Å². The SMILES string of the molecule is CN(Cc1ccccc1)c1ccnc(C(=O)NCc2ccccc2F)c1. The summed E-state index contributed by atoms with van der Waals surface area (Å²) >= 11 is 0. The summed E-state index contributed by atoms with van der Waals surface area (Å²) in [6, 6.07) is 20.1. The van der Waals surface area contributed by atoms with E-state index < -0.39 is 0 Å². The number of aromatic nitrogens is 1. The predicted molar refractivity (Wildman–Crippen MR) is 100 cm³/mol. The molecule has 0 fully saturated rings. The molecule has 0 spiro atoms. The van der Waals surface area contributed by atoms with Gasteiger partial charge in [-0.2, -0.15) is 0 Å². The van der Waals surface area contributed by atoms with Crippen LogP contribution in [-0.2, 0) is 13.1 Å². The molecular weight excluding hydrogens is 329 g/mol. The number of hydrogen-bond acceptors (Lipinski definition) is 3. The van der Waals surface area contributed by atoms with Crippen LogP contribution in [0, 0.1) is 5.82 Å². The van der Waals surface area contributed by atoms with Crippen LogP contribution in [0.5, 0.6) is 0 Å². The van der Waals surface area contributed by atoms with Crippen molar-refractivity contribution in [1.82, 2.24) is 10.3 Å². The van der Waals surface area contributed by atoms with Crippen LogP contribution in [0.25, 0.3) is 0 Å². The molecule has 132 valence electrons. The molecule has 1 N–H and O–H groups in total. The van der Waals surface area contributed by atoms with E-state index >= 15 is 0 Å². The molecule has 26 heavy (non-hydrogen) atoms. The van der Waals surface area contributed by atoms with Gasteiger partial charge in [0.1, 0.15) is 11.5 Å². The van der Waals surface area contributed by atoms with Crippen molar-refractivity contribution in [3.8, 4) is 0 Å². The topological polar surface area (TPSA) is 45.2 Å². The van der Waals surface area contributed by atoms with Gasteiger partial charge in [0, 0.05) is 37.6 Å². The summed E-state index contributed by atoms with van der Waals surface area (Å²) in [5.74, 6) is -0.666. The Balaban J connectivity index is 1.66. The molecule has 1 aromatic heterocycles. The molecule has 2 aromatic carbocycles. The van der Waals surface area contributed by atoms with E-state index in [0.29, 0.717) is 11.3 Å². The Hall–Kier alpha value is -3.21. The highest BCUT2D eigenvalue weighted by molar-refractivity contribution is 5.93. The molecule has 1 amide bonds. The van der Waals surface area contributed by atoms with Gasteiger partial charge in [0.05, 0.1) is 0 Å². The Kier molecular flexibility index (Phi) is 5.59. The first-order valence-electron chi connectivity index (χ1n) is 8.36. The molecule has 1 heterocycles. The van der Waals surface area contributed by atoms with E-state index in [1.807, 2.05) is 36.2 Å². The minimum atomic E-state index is -0.336. The van der Waals surface area contributed by atoms with Crippen LogP contribution >= 0.6 is 0 Å². The van der Waals surface area contributed by atoms with Gasteiger partial charge >= 0.3 is 0 Å². The van der Waals surface area contributed by atoms with Gasteiger partial charge in [-0.3, -0.25) is 9.78 Å². The number of carbonyl (C=O) groups is 1. The number of nitrogens with one attached hydrogen (secondary N) is 1. The highest BCUT2D eigenvalue weighted by Crippen LogP contribution is 2.16. The zero-order valence-electron chi connectivity index (χ0n) is 14.5. The van der Waals surface area contributed by atoms with E-state index in [4.69, 9.17) is 0 Å². The summed E-state index contributed by atoms with van der Waals surface area (Å²) in [6.45, 7) is 0.846. The monoisotopic (exact) mass is 349 g/mol. The molecule has 0 bridgehead atoms. The van der Waals surface area contributed by atoms with Crippen molar-refractivity contribution >= 4 is 11.6 Å². The van der Waals surface area contributed by atoms with E-state index in [0.717, 1.165) is 12.2 Å². The van der Waals surface area contributed by atoms with Gasteiger partial charge in [0.15, 0.2) is 0 Å². The number of hydrogen-bond donors (Lipinski definition) is 1. The van der Waals surface area contributed by atoms with Crippen LogP contribution < -0.4 is 10.2 Å². The van der Waals surface area contributed by atoms with E-state index in [1.54, 1.807) is 30.5 Å². The molecule has 0 aliphatic rings. The van der Waals surface area contributed by atoms with Crippen molar-refractivity contribution in [2.24, 2.45) is 0 Å². The minimum Gasteiger partial charge on any atom is -0.370 e. The molecule has 0 saturated heterocycles. The Labute approximate surface area is 152 Å². The average molecular weight is 349 g/mol. The van der Waals surface area contributed by atoms with E-state index in [9.17, 15) is 9.18 Å². The third-order valence-corrected chi connectivity index (χ3v) is 4.08. The minimum absolute atomic E-state index is 0.122. The molecule has 4 nitrogen and oxygen atoms in total. The summed E-state index contributed by atoms with van der Waals surface area (Å²) in [7, 11) is 1.96. The average Bonchev–Trinajstić information content (AvgIpc) is 2.68. The fourth-order valence-corrected chi connectivity index (χ4v) is 2.64. The summed E-state index contributed by atoms with van der Waals surface area (Å²) in [5.41, 5.74) is 2.81. The highest BCUT2D eigenvalue weighted by atomic mass is 19.1. The van der Waals surface area contributed by atoms with Crippen molar-refractivity contribution in [3.63, 3.8) is 0 Å². The molecule has 0 saturated carbocycles. The maximum Gasteiger partial charge on any atom is 0.270 e. The van der Waals surface area contributed by atoms with Crippen LogP contribution in [0.3, 0.4) is 0 Å². The third-order valence-electron chi connectivity index (χ3n) is 4.08. The van der Waals surface area contributed by atoms with Crippen LogP contribution in [0.4, 0.5) is 10.1 Å². The fourth-order valence-electron chi connectivity index (χ4n) is 2.64. The van der Waals surface area contributed by atoms with Crippen LogP contribution in [0.15, 0.2) is 72.9 Å². The van der Waals surface area contributed by atoms with Crippen LogP contribution in [0.2, 0.25) is 0 Å². The molecule has 0 unspecified atom stereocenters. The number of halogens is 1. The number of amides is 1. The maximum atomic E-state index is 13.6. The first-order chi connectivity index (χ1) is 12.6. The van der Waals surface area contributed by atoms with Gasteiger partial charge in [-0.25, -0.2) is 4.39 Å². The van der Waals surface area contributed by atoms with Crippen molar-refractivity contribution in [1.29, 1.82) is 0 Å². The van der Waals surface area contributed by atoms with Crippen molar-refractivity contribution in [2.45, 2.75) is 13.1 Å². The summed E-state index contributed by atoms with van der Waals surface area (Å²) in [6.07, 6.45) is 1.61. The number of nitrogens with zero attached hydrogens (tertiary/aromatic N) is 2. The Morgan fingerprint density at radius 1 is 1.08 bits per heavy atom. The lowest BCUT2D eigenvalue weighted by molar-refractivity contribution is 0.0945. The molecular formula is C21H20FN3O. The lowest BCUT2D eigenvalue weighted by atomic mass is 10.2. The standard InChI is InChI=1S/C21H20FN3O/c1-25(15-16-7-3-2-4-8-16)18-11-12-23-20(13-18)21(26)24-14-17-9-5-6-10-19(17)22/h2-13H,14-15H2,1H3,(H,24,26). The molecule has 3 rings (SSSR count). The third kappa shape index (κ3) is 4.45. The largest absolute Gasteiger partial charge is 0.370 e. The molecule has 0 radical (unpaired) electrons. The predicted octanol–water partition coefficient (Wildman–Crippen LogP) is 3.79. The van der Waals surface area contributed by atoms with Gasteiger partial charge in [0.25, 0.3) is 5.91 Å². The lowest BCUT2D eigenvalue weighted by Crippen LogP contribution is -2.25. The number of anilines is 1. The van der Waals surface area contributed by atoms with E-state index in [1.165, 1.54) is 11.6 Å². The van der Waals surface area contributed by atoms with E-state index in [-0.39, 0.29) is 18.3 Å². The van der Waals surface area contributed by atoms with Gasteiger partial charge in [-0.1, -0.05) is 48.5 Å². The number of rotatable bonds is 6. The second-order valence-corrected chi connectivity index (χ2v) is 6.02. The molecule has 0 atom stereocenters. The van der Waals surface area contributed by atoms with Crippen LogP contribution in [-0.4, -0.2) is 17.9 Å². The highest BCUT2D eigenvalue weighted by Gasteiger charge is 2.11.